The third kappa shape index (κ3) is 5.54. The molecular weight excluding hydrogens is 347 g/mol. The monoisotopic (exact) mass is 361 g/mol. The van der Waals surface area contributed by atoms with Gasteiger partial charge in [0.05, 0.1) is 12.7 Å². The molecule has 5 nitrogen and oxygen atoms in total. The molecule has 9 heteroatoms. The summed E-state index contributed by atoms with van der Waals surface area (Å²) in [6.07, 6.45) is -4.25. The van der Waals surface area contributed by atoms with Crippen molar-refractivity contribution in [2.45, 2.75) is 25.7 Å². The van der Waals surface area contributed by atoms with Gasteiger partial charge in [0.15, 0.2) is 0 Å². The van der Waals surface area contributed by atoms with E-state index in [1.54, 1.807) is 18.2 Å². The van der Waals surface area contributed by atoms with Crippen molar-refractivity contribution in [2.75, 3.05) is 11.9 Å². The van der Waals surface area contributed by atoms with Crippen LogP contribution in [0.2, 0.25) is 5.02 Å². The van der Waals surface area contributed by atoms with E-state index < -0.39 is 24.8 Å². The molecule has 1 aromatic heterocycles. The van der Waals surface area contributed by atoms with Gasteiger partial charge in [0.25, 0.3) is 5.91 Å². The van der Waals surface area contributed by atoms with Crippen LogP contribution in [-0.4, -0.2) is 34.6 Å². The molecule has 1 heterocycles. The Balaban J connectivity index is 1.97. The van der Waals surface area contributed by atoms with E-state index in [1.165, 1.54) is 17.8 Å². The highest BCUT2D eigenvalue weighted by atomic mass is 35.5. The molecule has 0 bridgehead atoms. The first-order chi connectivity index (χ1) is 11.2. The van der Waals surface area contributed by atoms with E-state index in [1.807, 2.05) is 12.1 Å². The third-order valence-electron chi connectivity index (χ3n) is 3.08. The maximum atomic E-state index is 12.1. The Labute approximate surface area is 141 Å². The molecule has 1 unspecified atom stereocenters. The molecule has 1 aromatic carbocycles. The molecule has 0 fully saturated rings. The maximum Gasteiger partial charge on any atom is 0.411 e. The molecule has 0 aliphatic carbocycles. The number of hydrogen-bond donors (Lipinski definition) is 1. The second kappa shape index (κ2) is 7.67. The number of carbonyl (C=O) groups excluding carboxylic acids is 1. The zero-order valence-corrected chi connectivity index (χ0v) is 13.4. The highest BCUT2D eigenvalue weighted by Gasteiger charge is 2.30. The minimum Gasteiger partial charge on any atom is -0.359 e. The zero-order valence-electron chi connectivity index (χ0n) is 12.7. The number of amides is 1. The summed E-state index contributed by atoms with van der Waals surface area (Å²) in [5, 5.41) is 7.18. The summed E-state index contributed by atoms with van der Waals surface area (Å²) in [5.41, 5.74) is 0.903. The van der Waals surface area contributed by atoms with E-state index in [2.05, 4.69) is 15.2 Å². The van der Waals surface area contributed by atoms with Gasteiger partial charge >= 0.3 is 6.18 Å². The second-order valence-corrected chi connectivity index (χ2v) is 5.49. The fraction of sp³-hybridized carbons (Fsp3) is 0.333. The number of halogens is 4. The average molecular weight is 362 g/mol. The van der Waals surface area contributed by atoms with Gasteiger partial charge in [-0.1, -0.05) is 23.7 Å². The van der Waals surface area contributed by atoms with Crippen molar-refractivity contribution in [2.24, 2.45) is 0 Å². The third-order valence-corrected chi connectivity index (χ3v) is 3.33. The van der Waals surface area contributed by atoms with Crippen LogP contribution in [0.4, 0.5) is 19.0 Å². The molecule has 0 saturated heterocycles. The van der Waals surface area contributed by atoms with Crippen LogP contribution in [-0.2, 0) is 16.1 Å². The maximum absolute atomic E-state index is 12.1. The van der Waals surface area contributed by atoms with Crippen LogP contribution in [0.1, 0.15) is 12.5 Å². The lowest BCUT2D eigenvalue weighted by atomic mass is 10.2. The summed E-state index contributed by atoms with van der Waals surface area (Å²) < 4.78 is 42.4. The van der Waals surface area contributed by atoms with Crippen molar-refractivity contribution in [1.29, 1.82) is 0 Å². The minimum absolute atomic E-state index is 0.359. The number of ether oxygens (including phenoxy) is 1. The van der Waals surface area contributed by atoms with E-state index in [-0.39, 0.29) is 0 Å². The number of nitrogens with one attached hydrogen (secondary N) is 1. The lowest BCUT2D eigenvalue weighted by Crippen LogP contribution is -2.32. The van der Waals surface area contributed by atoms with Gasteiger partial charge in [0, 0.05) is 11.1 Å². The van der Waals surface area contributed by atoms with E-state index >= 15 is 0 Å². The Kier molecular flexibility index (Phi) is 5.84. The van der Waals surface area contributed by atoms with Crippen molar-refractivity contribution in [3.05, 3.63) is 47.1 Å². The number of benzene rings is 1. The first-order valence-electron chi connectivity index (χ1n) is 7.00. The SMILES string of the molecule is CC(OCC(F)(F)F)C(=O)Nc1ccnn1Cc1ccc(Cl)cc1. The van der Waals surface area contributed by atoms with Gasteiger partial charge in [-0.2, -0.15) is 18.3 Å². The normalized spacial score (nSPS) is 12.9. The summed E-state index contributed by atoms with van der Waals surface area (Å²) in [7, 11) is 0. The number of anilines is 1. The van der Waals surface area contributed by atoms with E-state index in [9.17, 15) is 18.0 Å². The van der Waals surface area contributed by atoms with E-state index in [0.29, 0.717) is 17.4 Å². The fourth-order valence-corrected chi connectivity index (χ4v) is 1.98. The molecule has 1 N–H and O–H groups in total. The van der Waals surface area contributed by atoms with Gasteiger partial charge in [-0.25, -0.2) is 4.68 Å². The van der Waals surface area contributed by atoms with Crippen LogP contribution in [0, 0.1) is 0 Å². The standard InChI is InChI=1S/C15H15ClF3N3O2/c1-10(24-9-15(17,18)19)14(23)21-13-6-7-20-22(13)8-11-2-4-12(16)5-3-11/h2-7,10H,8-9H2,1H3,(H,21,23). The van der Waals surface area contributed by atoms with Crippen LogP contribution in [0.15, 0.2) is 36.5 Å². The molecule has 24 heavy (non-hydrogen) atoms. The number of alkyl halides is 3. The van der Waals surface area contributed by atoms with Crippen LogP contribution in [0.5, 0.6) is 0 Å². The van der Waals surface area contributed by atoms with Gasteiger partial charge in [-0.15, -0.1) is 0 Å². The highest BCUT2D eigenvalue weighted by Crippen LogP contribution is 2.17. The Morgan fingerprint density at radius 1 is 1.33 bits per heavy atom. The van der Waals surface area contributed by atoms with E-state index in [4.69, 9.17) is 11.6 Å². The van der Waals surface area contributed by atoms with Crippen LogP contribution >= 0.6 is 11.6 Å². The molecule has 2 rings (SSSR count). The lowest BCUT2D eigenvalue weighted by molar-refractivity contribution is -0.184. The largest absolute Gasteiger partial charge is 0.411 e. The number of carbonyl (C=O) groups is 1. The molecule has 1 amide bonds. The zero-order chi connectivity index (χ0) is 17.7. The van der Waals surface area contributed by atoms with Gasteiger partial charge in [0.1, 0.15) is 18.5 Å². The summed E-state index contributed by atoms with van der Waals surface area (Å²) in [6, 6.07) is 8.62. The molecule has 0 aliphatic rings. The van der Waals surface area contributed by atoms with Gasteiger partial charge in [-0.3, -0.25) is 4.79 Å². The van der Waals surface area contributed by atoms with Crippen molar-refractivity contribution in [3.63, 3.8) is 0 Å². The Bertz CT molecular complexity index is 686. The van der Waals surface area contributed by atoms with Crippen molar-refractivity contribution < 1.29 is 22.7 Å². The smallest absolute Gasteiger partial charge is 0.359 e. The predicted octanol–water partition coefficient (Wildman–Crippen LogP) is 3.49. The molecule has 2 aromatic rings. The molecule has 0 aliphatic heterocycles. The average Bonchev–Trinajstić information content (AvgIpc) is 2.93. The molecular formula is C15H15ClF3N3O2. The minimum atomic E-state index is -4.48. The summed E-state index contributed by atoms with van der Waals surface area (Å²) in [6.45, 7) is 0.143. The fourth-order valence-electron chi connectivity index (χ4n) is 1.85. The second-order valence-electron chi connectivity index (χ2n) is 5.06. The molecule has 0 saturated carbocycles. The van der Waals surface area contributed by atoms with Gasteiger partial charge in [-0.05, 0) is 24.6 Å². The first kappa shape index (κ1) is 18.3. The number of aromatic nitrogens is 2. The van der Waals surface area contributed by atoms with Crippen molar-refractivity contribution in [1.82, 2.24) is 9.78 Å². The van der Waals surface area contributed by atoms with Crippen molar-refractivity contribution >= 4 is 23.3 Å². The summed E-state index contributed by atoms with van der Waals surface area (Å²) >= 11 is 5.82. The van der Waals surface area contributed by atoms with E-state index in [0.717, 1.165) is 5.56 Å². The molecule has 1 atom stereocenters. The molecule has 130 valence electrons. The Hall–Kier alpha value is -2.06. The Morgan fingerprint density at radius 3 is 2.62 bits per heavy atom. The van der Waals surface area contributed by atoms with Crippen LogP contribution in [0.25, 0.3) is 0 Å². The lowest BCUT2D eigenvalue weighted by Gasteiger charge is -2.15. The summed E-state index contributed by atoms with van der Waals surface area (Å²) in [5.74, 6) is -0.325. The summed E-state index contributed by atoms with van der Waals surface area (Å²) in [4.78, 5) is 11.9. The number of rotatable bonds is 6. The predicted molar refractivity (Wildman–Crippen MR) is 82.9 cm³/mol. The van der Waals surface area contributed by atoms with Crippen molar-refractivity contribution in [3.8, 4) is 0 Å². The molecule has 0 spiro atoms. The Morgan fingerprint density at radius 2 is 2.00 bits per heavy atom. The highest BCUT2D eigenvalue weighted by molar-refractivity contribution is 6.30. The number of hydrogen-bond acceptors (Lipinski definition) is 3. The quantitative estimate of drug-likeness (QED) is 0.857. The van der Waals surface area contributed by atoms with Gasteiger partial charge < -0.3 is 10.1 Å². The topological polar surface area (TPSA) is 56.1 Å². The van der Waals surface area contributed by atoms with Crippen LogP contribution < -0.4 is 5.32 Å². The molecule has 0 radical (unpaired) electrons. The first-order valence-corrected chi connectivity index (χ1v) is 7.38. The van der Waals surface area contributed by atoms with Gasteiger partial charge in [0.2, 0.25) is 0 Å². The number of nitrogens with zero attached hydrogens (tertiary/aromatic N) is 2. The van der Waals surface area contributed by atoms with Crippen LogP contribution in [0.3, 0.4) is 0 Å².